The van der Waals surface area contributed by atoms with E-state index >= 15 is 0 Å². The molecule has 1 aliphatic rings. The third-order valence-corrected chi connectivity index (χ3v) is 4.18. The Morgan fingerprint density at radius 2 is 2.21 bits per heavy atom. The molecule has 0 atom stereocenters. The third kappa shape index (κ3) is 2.26. The highest BCUT2D eigenvalue weighted by atomic mass is 32.1. The highest BCUT2D eigenvalue weighted by Gasteiger charge is 2.23. The van der Waals surface area contributed by atoms with Gasteiger partial charge in [0.15, 0.2) is 0 Å². The van der Waals surface area contributed by atoms with Crippen LogP contribution >= 0.6 is 11.3 Å². The SMILES string of the molecule is Nc1ccc2sc(C(=O)N3CCNC(=O)C3)cc2c1. The van der Waals surface area contributed by atoms with Gasteiger partial charge < -0.3 is 16.0 Å². The fourth-order valence-corrected chi connectivity index (χ4v) is 3.15. The van der Waals surface area contributed by atoms with Gasteiger partial charge in [0, 0.05) is 23.5 Å². The lowest BCUT2D eigenvalue weighted by Gasteiger charge is -2.26. The van der Waals surface area contributed by atoms with Crippen molar-refractivity contribution in [3.05, 3.63) is 29.1 Å². The first kappa shape index (κ1) is 12.0. The molecule has 2 amide bonds. The number of nitrogens with zero attached hydrogens (tertiary/aromatic N) is 1. The first-order valence-electron chi connectivity index (χ1n) is 5.98. The molecule has 0 saturated carbocycles. The van der Waals surface area contributed by atoms with Crippen molar-refractivity contribution in [3.8, 4) is 0 Å². The van der Waals surface area contributed by atoms with Gasteiger partial charge in [-0.15, -0.1) is 11.3 Å². The molecule has 1 aromatic heterocycles. The third-order valence-electron chi connectivity index (χ3n) is 3.08. The van der Waals surface area contributed by atoms with Crippen LogP contribution < -0.4 is 11.1 Å². The number of nitrogen functional groups attached to an aromatic ring is 1. The van der Waals surface area contributed by atoms with Crippen molar-refractivity contribution in [1.29, 1.82) is 0 Å². The molecule has 1 saturated heterocycles. The molecular weight excluding hydrogens is 262 g/mol. The fraction of sp³-hybridized carbons (Fsp3) is 0.231. The average molecular weight is 275 g/mol. The Labute approximate surface area is 114 Å². The van der Waals surface area contributed by atoms with Gasteiger partial charge in [-0.25, -0.2) is 0 Å². The number of nitrogens with one attached hydrogen (secondary N) is 1. The summed E-state index contributed by atoms with van der Waals surface area (Å²) in [4.78, 5) is 25.9. The Hall–Kier alpha value is -2.08. The highest BCUT2D eigenvalue weighted by molar-refractivity contribution is 7.20. The predicted molar refractivity (Wildman–Crippen MR) is 75.2 cm³/mol. The van der Waals surface area contributed by atoms with Gasteiger partial charge in [-0.1, -0.05) is 0 Å². The molecule has 0 radical (unpaired) electrons. The van der Waals surface area contributed by atoms with Gasteiger partial charge >= 0.3 is 0 Å². The summed E-state index contributed by atoms with van der Waals surface area (Å²) in [7, 11) is 0. The topological polar surface area (TPSA) is 75.4 Å². The molecule has 19 heavy (non-hydrogen) atoms. The summed E-state index contributed by atoms with van der Waals surface area (Å²) in [5.41, 5.74) is 6.41. The zero-order valence-corrected chi connectivity index (χ0v) is 11.0. The maximum absolute atomic E-state index is 12.3. The molecular formula is C13H13N3O2S. The molecule has 2 aromatic rings. The Balaban J connectivity index is 1.90. The number of anilines is 1. The predicted octanol–water partition coefficient (Wildman–Crippen LogP) is 1.06. The molecule has 0 bridgehead atoms. The standard InChI is InChI=1S/C13H13N3O2S/c14-9-1-2-10-8(5-9)6-11(19-10)13(18)16-4-3-15-12(17)7-16/h1-2,5-6H,3-4,7,14H2,(H,15,17). The number of carbonyl (C=O) groups excluding carboxylic acids is 2. The number of amides is 2. The normalized spacial score (nSPS) is 15.6. The monoisotopic (exact) mass is 275 g/mol. The van der Waals surface area contributed by atoms with E-state index < -0.39 is 0 Å². The minimum Gasteiger partial charge on any atom is -0.399 e. The van der Waals surface area contributed by atoms with Gasteiger partial charge in [-0.2, -0.15) is 0 Å². The van der Waals surface area contributed by atoms with Crippen LogP contribution in [0.2, 0.25) is 0 Å². The number of piperazine rings is 1. The van der Waals surface area contributed by atoms with Crippen LogP contribution in [-0.4, -0.2) is 36.3 Å². The Morgan fingerprint density at radius 3 is 3.00 bits per heavy atom. The van der Waals surface area contributed by atoms with Crippen LogP contribution in [0.5, 0.6) is 0 Å². The second-order valence-corrected chi connectivity index (χ2v) is 5.57. The van der Waals surface area contributed by atoms with E-state index in [0.29, 0.717) is 23.7 Å². The molecule has 3 N–H and O–H groups in total. The molecule has 1 aliphatic heterocycles. The molecule has 98 valence electrons. The van der Waals surface area contributed by atoms with Crippen molar-refractivity contribution in [2.45, 2.75) is 0 Å². The molecule has 1 fully saturated rings. The Morgan fingerprint density at radius 1 is 1.37 bits per heavy atom. The maximum Gasteiger partial charge on any atom is 0.264 e. The van der Waals surface area contributed by atoms with E-state index in [1.54, 1.807) is 4.90 Å². The zero-order valence-electron chi connectivity index (χ0n) is 10.2. The summed E-state index contributed by atoms with van der Waals surface area (Å²) >= 11 is 1.43. The molecule has 6 heteroatoms. The number of nitrogens with two attached hydrogens (primary N) is 1. The first-order chi connectivity index (χ1) is 9.13. The number of carbonyl (C=O) groups is 2. The minimum absolute atomic E-state index is 0.0883. The van der Waals surface area contributed by atoms with Crippen LogP contribution in [-0.2, 0) is 4.79 Å². The average Bonchev–Trinajstić information content (AvgIpc) is 2.80. The molecule has 0 unspecified atom stereocenters. The van der Waals surface area contributed by atoms with E-state index in [0.717, 1.165) is 10.1 Å². The van der Waals surface area contributed by atoms with E-state index in [9.17, 15) is 9.59 Å². The largest absolute Gasteiger partial charge is 0.399 e. The molecule has 3 rings (SSSR count). The summed E-state index contributed by atoms with van der Waals surface area (Å²) < 4.78 is 1.03. The second kappa shape index (κ2) is 4.55. The van der Waals surface area contributed by atoms with Gasteiger partial charge in [-0.3, -0.25) is 9.59 Å². The van der Waals surface area contributed by atoms with Crippen LogP contribution in [0.3, 0.4) is 0 Å². The van der Waals surface area contributed by atoms with Crippen molar-refractivity contribution < 1.29 is 9.59 Å². The second-order valence-electron chi connectivity index (χ2n) is 4.48. The number of hydrogen-bond donors (Lipinski definition) is 2. The molecule has 2 heterocycles. The van der Waals surface area contributed by atoms with E-state index in [-0.39, 0.29) is 18.4 Å². The molecule has 1 aromatic carbocycles. The number of hydrogen-bond acceptors (Lipinski definition) is 4. The number of fused-ring (bicyclic) bond motifs is 1. The summed E-state index contributed by atoms with van der Waals surface area (Å²) in [6.07, 6.45) is 0. The van der Waals surface area contributed by atoms with E-state index in [2.05, 4.69) is 5.32 Å². The lowest BCUT2D eigenvalue weighted by Crippen LogP contribution is -2.49. The summed E-state index contributed by atoms with van der Waals surface area (Å²) in [5.74, 6) is -0.195. The van der Waals surface area contributed by atoms with Crippen molar-refractivity contribution in [2.24, 2.45) is 0 Å². The van der Waals surface area contributed by atoms with Gasteiger partial charge in [0.2, 0.25) is 5.91 Å². The lowest BCUT2D eigenvalue weighted by atomic mass is 10.2. The van der Waals surface area contributed by atoms with E-state index in [1.165, 1.54) is 11.3 Å². The Bertz CT molecular complexity index is 665. The van der Waals surface area contributed by atoms with Gasteiger partial charge in [-0.05, 0) is 29.7 Å². The first-order valence-corrected chi connectivity index (χ1v) is 6.80. The van der Waals surface area contributed by atoms with Crippen molar-refractivity contribution >= 4 is 38.9 Å². The molecule has 5 nitrogen and oxygen atoms in total. The quantitative estimate of drug-likeness (QED) is 0.764. The highest BCUT2D eigenvalue weighted by Crippen LogP contribution is 2.28. The van der Waals surface area contributed by atoms with Crippen LogP contribution in [0.15, 0.2) is 24.3 Å². The van der Waals surface area contributed by atoms with Gasteiger partial charge in [0.25, 0.3) is 5.91 Å². The van der Waals surface area contributed by atoms with Crippen LogP contribution in [0.1, 0.15) is 9.67 Å². The summed E-state index contributed by atoms with van der Waals surface area (Å²) in [6, 6.07) is 7.42. The van der Waals surface area contributed by atoms with E-state index in [4.69, 9.17) is 5.73 Å². The smallest absolute Gasteiger partial charge is 0.264 e. The molecule has 0 spiro atoms. The number of thiophene rings is 1. The van der Waals surface area contributed by atoms with Crippen molar-refractivity contribution in [1.82, 2.24) is 10.2 Å². The maximum atomic E-state index is 12.3. The van der Waals surface area contributed by atoms with Gasteiger partial charge in [0.1, 0.15) is 0 Å². The van der Waals surface area contributed by atoms with Crippen molar-refractivity contribution in [3.63, 3.8) is 0 Å². The Kier molecular flexibility index (Phi) is 2.87. The number of benzene rings is 1. The van der Waals surface area contributed by atoms with Crippen LogP contribution in [0, 0.1) is 0 Å². The van der Waals surface area contributed by atoms with E-state index in [1.807, 2.05) is 24.3 Å². The van der Waals surface area contributed by atoms with Crippen molar-refractivity contribution in [2.75, 3.05) is 25.4 Å². The fourth-order valence-electron chi connectivity index (χ4n) is 2.14. The molecule has 0 aliphatic carbocycles. The summed E-state index contributed by atoms with van der Waals surface area (Å²) in [6.45, 7) is 1.21. The van der Waals surface area contributed by atoms with Crippen LogP contribution in [0.4, 0.5) is 5.69 Å². The van der Waals surface area contributed by atoms with Gasteiger partial charge in [0.05, 0.1) is 11.4 Å². The minimum atomic E-state index is -0.107. The zero-order chi connectivity index (χ0) is 13.4. The number of rotatable bonds is 1. The lowest BCUT2D eigenvalue weighted by molar-refractivity contribution is -0.123. The summed E-state index contributed by atoms with van der Waals surface area (Å²) in [5, 5.41) is 3.67. The van der Waals surface area contributed by atoms with Crippen LogP contribution in [0.25, 0.3) is 10.1 Å².